The molecule has 0 fully saturated rings. The lowest BCUT2D eigenvalue weighted by molar-refractivity contribution is 0.1000. The van der Waals surface area contributed by atoms with Crippen molar-refractivity contribution in [2.75, 3.05) is 5.32 Å². The van der Waals surface area contributed by atoms with Crippen LogP contribution in [0.5, 0.6) is 0 Å². The molecule has 2 rings (SSSR count). The minimum atomic E-state index is -0.482. The SMILES string of the molecule is CC(Cn1cncn1)Nc1ccc(C(N)=O)cn1. The van der Waals surface area contributed by atoms with Crippen molar-refractivity contribution in [2.45, 2.75) is 19.5 Å². The van der Waals surface area contributed by atoms with Crippen LogP contribution in [-0.4, -0.2) is 31.7 Å². The Hall–Kier alpha value is -2.44. The maximum Gasteiger partial charge on any atom is 0.250 e. The van der Waals surface area contributed by atoms with Gasteiger partial charge in [-0.1, -0.05) is 0 Å². The van der Waals surface area contributed by atoms with Gasteiger partial charge in [0.2, 0.25) is 5.91 Å². The standard InChI is InChI=1S/C11H14N6O/c1-8(5-17-7-13-6-15-17)16-10-3-2-9(4-14-10)11(12)18/h2-4,6-8H,5H2,1H3,(H2,12,18)(H,14,16). The van der Waals surface area contributed by atoms with Crippen LogP contribution in [0, 0.1) is 0 Å². The molecule has 1 atom stereocenters. The molecule has 18 heavy (non-hydrogen) atoms. The normalized spacial score (nSPS) is 12.1. The second-order valence-corrected chi connectivity index (χ2v) is 3.96. The Bertz CT molecular complexity index is 507. The van der Waals surface area contributed by atoms with Crippen molar-refractivity contribution >= 4 is 11.7 Å². The van der Waals surface area contributed by atoms with Crippen LogP contribution in [0.2, 0.25) is 0 Å². The summed E-state index contributed by atoms with van der Waals surface area (Å²) in [5.41, 5.74) is 5.53. The maximum atomic E-state index is 10.9. The summed E-state index contributed by atoms with van der Waals surface area (Å²) in [6.45, 7) is 2.69. The van der Waals surface area contributed by atoms with Crippen molar-refractivity contribution in [1.29, 1.82) is 0 Å². The zero-order valence-electron chi connectivity index (χ0n) is 9.95. The zero-order valence-corrected chi connectivity index (χ0v) is 9.95. The lowest BCUT2D eigenvalue weighted by atomic mass is 10.2. The van der Waals surface area contributed by atoms with Crippen LogP contribution in [0.3, 0.4) is 0 Å². The van der Waals surface area contributed by atoms with Crippen LogP contribution in [0.15, 0.2) is 31.0 Å². The van der Waals surface area contributed by atoms with Gasteiger partial charge >= 0.3 is 0 Å². The van der Waals surface area contributed by atoms with Gasteiger partial charge in [-0.25, -0.2) is 9.97 Å². The van der Waals surface area contributed by atoms with E-state index in [1.807, 2.05) is 6.92 Å². The molecule has 3 N–H and O–H groups in total. The third-order valence-electron chi connectivity index (χ3n) is 2.37. The Labute approximate surface area is 104 Å². The summed E-state index contributed by atoms with van der Waals surface area (Å²) in [7, 11) is 0. The van der Waals surface area contributed by atoms with Gasteiger partial charge in [0.15, 0.2) is 0 Å². The third-order valence-corrected chi connectivity index (χ3v) is 2.37. The molecule has 0 spiro atoms. The van der Waals surface area contributed by atoms with E-state index in [9.17, 15) is 4.79 Å². The second kappa shape index (κ2) is 5.26. The molecule has 1 unspecified atom stereocenters. The molecular weight excluding hydrogens is 232 g/mol. The number of primary amides is 1. The summed E-state index contributed by atoms with van der Waals surface area (Å²) in [5, 5.41) is 7.21. The van der Waals surface area contributed by atoms with Crippen LogP contribution >= 0.6 is 0 Å². The van der Waals surface area contributed by atoms with E-state index in [1.165, 1.54) is 12.5 Å². The van der Waals surface area contributed by atoms with Gasteiger partial charge in [-0.2, -0.15) is 5.10 Å². The minimum Gasteiger partial charge on any atom is -0.366 e. The maximum absolute atomic E-state index is 10.9. The first-order valence-electron chi connectivity index (χ1n) is 5.50. The summed E-state index contributed by atoms with van der Waals surface area (Å²) < 4.78 is 1.73. The number of carbonyl (C=O) groups is 1. The number of hydrogen-bond donors (Lipinski definition) is 2. The highest BCUT2D eigenvalue weighted by Crippen LogP contribution is 2.06. The largest absolute Gasteiger partial charge is 0.366 e. The van der Waals surface area contributed by atoms with E-state index < -0.39 is 5.91 Å². The molecule has 2 aromatic heterocycles. The van der Waals surface area contributed by atoms with Crippen molar-refractivity contribution in [3.05, 3.63) is 36.5 Å². The first kappa shape index (κ1) is 12.0. The van der Waals surface area contributed by atoms with Gasteiger partial charge in [0.05, 0.1) is 12.1 Å². The van der Waals surface area contributed by atoms with E-state index in [0.29, 0.717) is 17.9 Å². The number of nitrogens with zero attached hydrogens (tertiary/aromatic N) is 4. The van der Waals surface area contributed by atoms with Gasteiger partial charge in [-0.15, -0.1) is 0 Å². The molecular formula is C11H14N6O. The van der Waals surface area contributed by atoms with Crippen LogP contribution in [-0.2, 0) is 6.54 Å². The Morgan fingerprint density at radius 2 is 2.39 bits per heavy atom. The number of rotatable bonds is 5. The third kappa shape index (κ3) is 3.03. The lowest BCUT2D eigenvalue weighted by Crippen LogP contribution is -2.23. The number of carbonyl (C=O) groups excluding carboxylic acids is 1. The van der Waals surface area contributed by atoms with Crippen molar-refractivity contribution in [3.8, 4) is 0 Å². The topological polar surface area (TPSA) is 98.7 Å². The predicted molar refractivity (Wildman–Crippen MR) is 65.9 cm³/mol. The predicted octanol–water partition coefficient (Wildman–Crippen LogP) is 0.273. The molecule has 2 heterocycles. The molecule has 94 valence electrons. The Morgan fingerprint density at radius 1 is 1.56 bits per heavy atom. The molecule has 0 aliphatic carbocycles. The summed E-state index contributed by atoms with van der Waals surface area (Å²) >= 11 is 0. The lowest BCUT2D eigenvalue weighted by Gasteiger charge is -2.14. The Kier molecular flexibility index (Phi) is 3.52. The average molecular weight is 246 g/mol. The highest BCUT2D eigenvalue weighted by Gasteiger charge is 2.05. The van der Waals surface area contributed by atoms with E-state index in [2.05, 4.69) is 20.4 Å². The average Bonchev–Trinajstić information content (AvgIpc) is 2.82. The number of pyridine rings is 1. The molecule has 0 aliphatic rings. The monoisotopic (exact) mass is 246 g/mol. The molecule has 0 bridgehead atoms. The van der Waals surface area contributed by atoms with Crippen molar-refractivity contribution < 1.29 is 4.79 Å². The highest BCUT2D eigenvalue weighted by atomic mass is 16.1. The van der Waals surface area contributed by atoms with Crippen LogP contribution in [0.4, 0.5) is 5.82 Å². The number of aromatic nitrogens is 4. The number of amides is 1. The molecule has 2 aromatic rings. The molecule has 0 aliphatic heterocycles. The molecule has 0 aromatic carbocycles. The van der Waals surface area contributed by atoms with Crippen molar-refractivity contribution in [1.82, 2.24) is 19.7 Å². The van der Waals surface area contributed by atoms with Gasteiger partial charge in [0.25, 0.3) is 0 Å². The fourth-order valence-electron chi connectivity index (χ4n) is 1.53. The Morgan fingerprint density at radius 3 is 2.94 bits per heavy atom. The van der Waals surface area contributed by atoms with Crippen LogP contribution in [0.1, 0.15) is 17.3 Å². The van der Waals surface area contributed by atoms with Gasteiger partial charge in [0.1, 0.15) is 18.5 Å². The van der Waals surface area contributed by atoms with Crippen molar-refractivity contribution in [3.63, 3.8) is 0 Å². The quantitative estimate of drug-likeness (QED) is 0.789. The number of nitrogens with two attached hydrogens (primary N) is 1. The first-order chi connectivity index (χ1) is 8.65. The summed E-state index contributed by atoms with van der Waals surface area (Å²) in [4.78, 5) is 18.9. The molecule has 0 saturated carbocycles. The van der Waals surface area contributed by atoms with Gasteiger partial charge in [-0.3, -0.25) is 9.48 Å². The van der Waals surface area contributed by atoms with E-state index in [4.69, 9.17) is 5.73 Å². The summed E-state index contributed by atoms with van der Waals surface area (Å²) in [5.74, 6) is 0.206. The molecule has 1 amide bonds. The smallest absolute Gasteiger partial charge is 0.250 e. The van der Waals surface area contributed by atoms with Gasteiger partial charge in [0, 0.05) is 12.2 Å². The van der Waals surface area contributed by atoms with E-state index in [-0.39, 0.29) is 6.04 Å². The summed E-state index contributed by atoms with van der Waals surface area (Å²) in [6, 6.07) is 3.50. The van der Waals surface area contributed by atoms with Gasteiger partial charge < -0.3 is 11.1 Å². The van der Waals surface area contributed by atoms with Crippen LogP contribution in [0.25, 0.3) is 0 Å². The number of hydrogen-bond acceptors (Lipinski definition) is 5. The van der Waals surface area contributed by atoms with E-state index >= 15 is 0 Å². The fraction of sp³-hybridized carbons (Fsp3) is 0.273. The van der Waals surface area contributed by atoms with Crippen LogP contribution < -0.4 is 11.1 Å². The molecule has 0 saturated heterocycles. The van der Waals surface area contributed by atoms with E-state index in [0.717, 1.165) is 0 Å². The minimum absolute atomic E-state index is 0.138. The first-order valence-corrected chi connectivity index (χ1v) is 5.50. The molecule has 7 nitrogen and oxygen atoms in total. The Balaban J connectivity index is 1.94. The number of nitrogens with one attached hydrogen (secondary N) is 1. The van der Waals surface area contributed by atoms with Gasteiger partial charge in [-0.05, 0) is 19.1 Å². The summed E-state index contributed by atoms with van der Waals surface area (Å²) in [6.07, 6.45) is 4.60. The zero-order chi connectivity index (χ0) is 13.0. The fourth-order valence-corrected chi connectivity index (χ4v) is 1.53. The number of anilines is 1. The highest BCUT2D eigenvalue weighted by molar-refractivity contribution is 5.92. The molecule has 0 radical (unpaired) electrons. The van der Waals surface area contributed by atoms with E-state index in [1.54, 1.807) is 23.1 Å². The second-order valence-electron chi connectivity index (χ2n) is 3.96. The molecule has 7 heteroatoms. The van der Waals surface area contributed by atoms with Crippen molar-refractivity contribution in [2.24, 2.45) is 5.73 Å².